The molecule has 0 bridgehead atoms. The molecule has 0 spiro atoms. The summed E-state index contributed by atoms with van der Waals surface area (Å²) in [6.45, 7) is 6.58. The van der Waals surface area contributed by atoms with Crippen LogP contribution in [0.4, 0.5) is 0 Å². The molecule has 0 radical (unpaired) electrons. The van der Waals surface area contributed by atoms with Gasteiger partial charge in [-0.05, 0) is 42.7 Å². The van der Waals surface area contributed by atoms with Gasteiger partial charge >= 0.3 is 5.97 Å². The molecule has 2 aromatic rings. The van der Waals surface area contributed by atoms with Crippen molar-refractivity contribution >= 4 is 17.6 Å². The number of carboxylic acid groups (broad SMARTS) is 1. The SMILES string of the molecule is Cc1cc(C(=O)O)oc1Cc1cc(Cl)ccc1OCC(C)C. The number of carbonyl (C=O) groups is 1. The van der Waals surface area contributed by atoms with E-state index in [1.54, 1.807) is 6.07 Å². The van der Waals surface area contributed by atoms with Crippen LogP contribution in [-0.2, 0) is 6.42 Å². The zero-order valence-corrected chi connectivity index (χ0v) is 13.6. The van der Waals surface area contributed by atoms with Crippen molar-refractivity contribution in [2.75, 3.05) is 6.61 Å². The molecule has 118 valence electrons. The predicted molar refractivity (Wildman–Crippen MR) is 85.0 cm³/mol. The van der Waals surface area contributed by atoms with Crippen molar-refractivity contribution in [3.63, 3.8) is 0 Å². The van der Waals surface area contributed by atoms with Crippen LogP contribution in [0.2, 0.25) is 5.02 Å². The van der Waals surface area contributed by atoms with Gasteiger partial charge in [0.05, 0.1) is 6.61 Å². The largest absolute Gasteiger partial charge is 0.493 e. The number of ether oxygens (including phenoxy) is 1. The quantitative estimate of drug-likeness (QED) is 0.846. The second-order valence-corrected chi connectivity index (χ2v) is 6.09. The highest BCUT2D eigenvalue weighted by Gasteiger charge is 2.16. The maximum atomic E-state index is 11.0. The van der Waals surface area contributed by atoms with E-state index in [0.29, 0.717) is 29.7 Å². The molecule has 4 nitrogen and oxygen atoms in total. The lowest BCUT2D eigenvalue weighted by molar-refractivity contribution is 0.0660. The minimum Gasteiger partial charge on any atom is -0.493 e. The zero-order valence-electron chi connectivity index (χ0n) is 12.9. The monoisotopic (exact) mass is 322 g/mol. The number of rotatable bonds is 6. The lowest BCUT2D eigenvalue weighted by Crippen LogP contribution is -2.06. The van der Waals surface area contributed by atoms with E-state index in [0.717, 1.165) is 16.9 Å². The fraction of sp³-hybridized carbons (Fsp3) is 0.353. The van der Waals surface area contributed by atoms with Crippen molar-refractivity contribution in [3.8, 4) is 5.75 Å². The Labute approximate surface area is 134 Å². The first kappa shape index (κ1) is 16.4. The Hall–Kier alpha value is -1.94. The molecule has 0 aliphatic carbocycles. The molecule has 0 fully saturated rings. The summed E-state index contributed by atoms with van der Waals surface area (Å²) >= 11 is 6.06. The smallest absolute Gasteiger partial charge is 0.371 e. The third-order valence-corrected chi connectivity index (χ3v) is 3.41. The first-order valence-corrected chi connectivity index (χ1v) is 7.48. The van der Waals surface area contributed by atoms with Gasteiger partial charge in [-0.25, -0.2) is 4.79 Å². The van der Waals surface area contributed by atoms with Crippen LogP contribution in [0.3, 0.4) is 0 Å². The number of hydrogen-bond acceptors (Lipinski definition) is 3. The van der Waals surface area contributed by atoms with Gasteiger partial charge in [0.2, 0.25) is 5.76 Å². The van der Waals surface area contributed by atoms with Gasteiger partial charge < -0.3 is 14.3 Å². The van der Waals surface area contributed by atoms with Gasteiger partial charge in [0, 0.05) is 17.0 Å². The molecule has 1 N–H and O–H groups in total. The van der Waals surface area contributed by atoms with E-state index in [-0.39, 0.29) is 5.76 Å². The van der Waals surface area contributed by atoms with Crippen molar-refractivity contribution < 1.29 is 19.1 Å². The van der Waals surface area contributed by atoms with Crippen molar-refractivity contribution in [2.24, 2.45) is 5.92 Å². The Balaban J connectivity index is 2.28. The first-order valence-electron chi connectivity index (χ1n) is 7.10. The predicted octanol–water partition coefficient (Wildman–Crippen LogP) is 4.57. The summed E-state index contributed by atoms with van der Waals surface area (Å²) in [6, 6.07) is 6.95. The standard InChI is InChI=1S/C17H19ClO4/c1-10(2)9-21-14-5-4-13(18)7-12(14)8-15-11(3)6-16(22-15)17(19)20/h4-7,10H,8-9H2,1-3H3,(H,19,20). The van der Waals surface area contributed by atoms with Crippen LogP contribution in [0.1, 0.15) is 41.3 Å². The van der Waals surface area contributed by atoms with E-state index < -0.39 is 5.97 Å². The van der Waals surface area contributed by atoms with Crippen molar-refractivity contribution in [3.05, 3.63) is 51.9 Å². The van der Waals surface area contributed by atoms with Crippen LogP contribution in [-0.4, -0.2) is 17.7 Å². The normalized spacial score (nSPS) is 11.0. The van der Waals surface area contributed by atoms with Crippen molar-refractivity contribution in [1.82, 2.24) is 0 Å². The number of benzene rings is 1. The van der Waals surface area contributed by atoms with Crippen LogP contribution in [0, 0.1) is 12.8 Å². The maximum absolute atomic E-state index is 11.0. The Kier molecular flexibility index (Phi) is 5.14. The van der Waals surface area contributed by atoms with Gasteiger partial charge in [-0.2, -0.15) is 0 Å². The number of hydrogen-bond donors (Lipinski definition) is 1. The fourth-order valence-corrected chi connectivity index (χ4v) is 2.25. The Morgan fingerprint density at radius 2 is 2.09 bits per heavy atom. The summed E-state index contributed by atoms with van der Waals surface area (Å²) < 4.78 is 11.2. The van der Waals surface area contributed by atoms with E-state index in [4.69, 9.17) is 25.9 Å². The highest BCUT2D eigenvalue weighted by molar-refractivity contribution is 6.30. The van der Waals surface area contributed by atoms with Gasteiger partial charge in [-0.15, -0.1) is 0 Å². The molecule has 1 aromatic heterocycles. The van der Waals surface area contributed by atoms with Crippen LogP contribution in [0.15, 0.2) is 28.7 Å². The molecule has 0 aliphatic rings. The van der Waals surface area contributed by atoms with Gasteiger partial charge in [0.25, 0.3) is 0 Å². The summed E-state index contributed by atoms with van der Waals surface area (Å²) in [5.74, 6) is 0.628. The van der Waals surface area contributed by atoms with E-state index in [9.17, 15) is 4.79 Å². The van der Waals surface area contributed by atoms with E-state index in [2.05, 4.69) is 13.8 Å². The molecule has 0 unspecified atom stereocenters. The highest BCUT2D eigenvalue weighted by Crippen LogP contribution is 2.28. The molecule has 0 saturated heterocycles. The summed E-state index contributed by atoms with van der Waals surface area (Å²) in [5.41, 5.74) is 1.68. The van der Waals surface area contributed by atoms with Gasteiger partial charge in [0.15, 0.2) is 0 Å². The van der Waals surface area contributed by atoms with E-state index >= 15 is 0 Å². The molecule has 2 rings (SSSR count). The lowest BCUT2D eigenvalue weighted by atomic mass is 10.1. The topological polar surface area (TPSA) is 59.7 Å². The molecule has 0 saturated carbocycles. The molecular weight excluding hydrogens is 304 g/mol. The minimum atomic E-state index is -1.07. The van der Waals surface area contributed by atoms with Gasteiger partial charge in [0.1, 0.15) is 11.5 Å². The Bertz CT molecular complexity index is 673. The summed E-state index contributed by atoms with van der Waals surface area (Å²) in [4.78, 5) is 11.0. The Morgan fingerprint density at radius 1 is 1.36 bits per heavy atom. The second kappa shape index (κ2) is 6.88. The van der Waals surface area contributed by atoms with Crippen LogP contribution in [0.5, 0.6) is 5.75 Å². The van der Waals surface area contributed by atoms with Crippen molar-refractivity contribution in [1.29, 1.82) is 0 Å². The number of aromatic carboxylic acids is 1. The number of aryl methyl sites for hydroxylation is 1. The third kappa shape index (κ3) is 4.04. The molecule has 22 heavy (non-hydrogen) atoms. The molecule has 1 heterocycles. The lowest BCUT2D eigenvalue weighted by Gasteiger charge is -2.13. The molecule has 0 atom stereocenters. The maximum Gasteiger partial charge on any atom is 0.371 e. The molecule has 0 aliphatic heterocycles. The number of carboxylic acids is 1. The highest BCUT2D eigenvalue weighted by atomic mass is 35.5. The molecule has 5 heteroatoms. The average Bonchev–Trinajstić information content (AvgIpc) is 2.79. The van der Waals surface area contributed by atoms with E-state index in [1.165, 1.54) is 6.07 Å². The van der Waals surface area contributed by atoms with Crippen LogP contribution >= 0.6 is 11.6 Å². The number of furan rings is 1. The van der Waals surface area contributed by atoms with Crippen LogP contribution in [0.25, 0.3) is 0 Å². The number of halogens is 1. The molecule has 1 aromatic carbocycles. The second-order valence-electron chi connectivity index (χ2n) is 5.66. The Morgan fingerprint density at radius 3 is 2.68 bits per heavy atom. The summed E-state index contributed by atoms with van der Waals surface area (Å²) in [6.07, 6.45) is 0.438. The van der Waals surface area contributed by atoms with Gasteiger partial charge in [-0.1, -0.05) is 25.4 Å². The van der Waals surface area contributed by atoms with Crippen molar-refractivity contribution in [2.45, 2.75) is 27.2 Å². The molecular formula is C17H19ClO4. The van der Waals surface area contributed by atoms with E-state index in [1.807, 2.05) is 19.1 Å². The summed E-state index contributed by atoms with van der Waals surface area (Å²) in [5, 5.41) is 9.60. The third-order valence-electron chi connectivity index (χ3n) is 3.18. The fourth-order valence-electron chi connectivity index (χ4n) is 2.06. The van der Waals surface area contributed by atoms with Gasteiger partial charge in [-0.3, -0.25) is 0 Å². The first-order chi connectivity index (χ1) is 10.4. The van der Waals surface area contributed by atoms with Crippen LogP contribution < -0.4 is 4.74 Å². The minimum absolute atomic E-state index is 0.0563. The average molecular weight is 323 g/mol. The summed E-state index contributed by atoms with van der Waals surface area (Å²) in [7, 11) is 0. The molecule has 0 amide bonds. The zero-order chi connectivity index (χ0) is 16.3.